The molecule has 1 amide bonds. The summed E-state index contributed by atoms with van der Waals surface area (Å²) in [7, 11) is 1.61. The van der Waals surface area contributed by atoms with Crippen LogP contribution >= 0.6 is 0 Å². The van der Waals surface area contributed by atoms with Crippen molar-refractivity contribution in [3.05, 3.63) is 54.6 Å². The predicted molar refractivity (Wildman–Crippen MR) is 113 cm³/mol. The number of amides is 1. The Morgan fingerprint density at radius 1 is 1.11 bits per heavy atom. The molecule has 7 heteroatoms. The van der Waals surface area contributed by atoms with E-state index in [1.54, 1.807) is 7.11 Å². The minimum atomic E-state index is 0.116. The summed E-state index contributed by atoms with van der Waals surface area (Å²) in [5.74, 6) is 1.14. The van der Waals surface area contributed by atoms with Crippen LogP contribution < -0.4 is 20.7 Å². The van der Waals surface area contributed by atoms with E-state index in [4.69, 9.17) is 10.5 Å². The fourth-order valence-electron chi connectivity index (χ4n) is 3.17. The number of carbonyl (C=O) groups is 1. The number of para-hydroxylation sites is 1. The number of nitrogens with two attached hydrogens (primary N) is 1. The van der Waals surface area contributed by atoms with Gasteiger partial charge in [0.05, 0.1) is 13.7 Å². The van der Waals surface area contributed by atoms with Gasteiger partial charge in [-0.15, -0.1) is 0 Å². The molecule has 1 saturated heterocycles. The molecule has 0 bridgehead atoms. The van der Waals surface area contributed by atoms with Crippen molar-refractivity contribution in [1.82, 2.24) is 4.90 Å². The summed E-state index contributed by atoms with van der Waals surface area (Å²) in [6.45, 7) is 3.52. The Morgan fingerprint density at radius 2 is 1.86 bits per heavy atom. The maximum Gasteiger partial charge on any atom is 0.224 e. The molecule has 1 aliphatic rings. The molecular weight excluding hydrogens is 354 g/mol. The van der Waals surface area contributed by atoms with Crippen molar-refractivity contribution in [3.63, 3.8) is 0 Å². The summed E-state index contributed by atoms with van der Waals surface area (Å²) in [6, 6.07) is 17.7. The Kier molecular flexibility index (Phi) is 6.73. The first-order valence-corrected chi connectivity index (χ1v) is 9.44. The summed E-state index contributed by atoms with van der Waals surface area (Å²) in [6.07, 6.45) is 0.353. The summed E-state index contributed by atoms with van der Waals surface area (Å²) in [5, 5.41) is 3.01. The SMILES string of the molecule is COc1cccc(NC(N)=NCCC(=O)N2CCN(c3ccccc3)CC2)c1. The van der Waals surface area contributed by atoms with E-state index in [9.17, 15) is 4.79 Å². The molecule has 0 atom stereocenters. The van der Waals surface area contributed by atoms with Gasteiger partial charge in [0.2, 0.25) is 5.91 Å². The molecule has 1 fully saturated rings. The van der Waals surface area contributed by atoms with E-state index >= 15 is 0 Å². The molecule has 7 nitrogen and oxygen atoms in total. The van der Waals surface area contributed by atoms with Gasteiger partial charge in [-0.3, -0.25) is 9.79 Å². The molecule has 1 aliphatic heterocycles. The molecule has 3 N–H and O–H groups in total. The standard InChI is InChI=1S/C21H27N5O2/c1-28-19-9-5-6-17(16-19)24-21(22)23-11-10-20(27)26-14-12-25(13-15-26)18-7-3-2-4-8-18/h2-9,16H,10-15H2,1H3,(H3,22,23,24). The van der Waals surface area contributed by atoms with Crippen LogP contribution in [0.5, 0.6) is 5.75 Å². The van der Waals surface area contributed by atoms with E-state index in [2.05, 4.69) is 27.3 Å². The third kappa shape index (κ3) is 5.39. The van der Waals surface area contributed by atoms with Crippen LogP contribution in [0.1, 0.15) is 6.42 Å². The lowest BCUT2D eigenvalue weighted by Gasteiger charge is -2.36. The average molecular weight is 381 g/mol. The van der Waals surface area contributed by atoms with Gasteiger partial charge in [-0.05, 0) is 24.3 Å². The average Bonchev–Trinajstić information content (AvgIpc) is 2.74. The summed E-state index contributed by atoms with van der Waals surface area (Å²) in [4.78, 5) is 20.9. The van der Waals surface area contributed by atoms with E-state index < -0.39 is 0 Å². The molecule has 0 saturated carbocycles. The number of hydrogen-bond acceptors (Lipinski definition) is 4. The zero-order chi connectivity index (χ0) is 19.8. The number of aliphatic imine (C=N–C) groups is 1. The van der Waals surface area contributed by atoms with Crippen LogP contribution in [-0.2, 0) is 4.79 Å². The highest BCUT2D eigenvalue weighted by Crippen LogP contribution is 2.17. The second kappa shape index (κ2) is 9.64. The van der Waals surface area contributed by atoms with Crippen molar-refractivity contribution in [2.45, 2.75) is 6.42 Å². The number of hydrogen-bond donors (Lipinski definition) is 2. The monoisotopic (exact) mass is 381 g/mol. The summed E-state index contributed by atoms with van der Waals surface area (Å²) in [5.41, 5.74) is 7.91. The Hall–Kier alpha value is -3.22. The number of carbonyl (C=O) groups excluding carboxylic acids is 1. The zero-order valence-corrected chi connectivity index (χ0v) is 16.2. The van der Waals surface area contributed by atoms with Gasteiger partial charge in [-0.1, -0.05) is 24.3 Å². The first-order valence-electron chi connectivity index (χ1n) is 9.44. The first-order chi connectivity index (χ1) is 13.7. The van der Waals surface area contributed by atoms with Gasteiger partial charge in [0, 0.05) is 50.0 Å². The fourth-order valence-corrected chi connectivity index (χ4v) is 3.17. The molecule has 3 rings (SSSR count). The normalized spacial score (nSPS) is 14.7. The van der Waals surface area contributed by atoms with E-state index in [0.717, 1.165) is 37.6 Å². The van der Waals surface area contributed by atoms with Crippen molar-refractivity contribution in [1.29, 1.82) is 0 Å². The van der Waals surface area contributed by atoms with Gasteiger partial charge in [-0.2, -0.15) is 0 Å². The van der Waals surface area contributed by atoms with Crippen molar-refractivity contribution in [2.75, 3.05) is 50.1 Å². The topological polar surface area (TPSA) is 83.2 Å². The van der Waals surface area contributed by atoms with Crippen LogP contribution in [0.15, 0.2) is 59.6 Å². The lowest BCUT2D eigenvalue weighted by atomic mass is 10.2. The van der Waals surface area contributed by atoms with Gasteiger partial charge in [-0.25, -0.2) is 0 Å². The number of guanidine groups is 1. The molecule has 2 aromatic carbocycles. The number of nitrogens with zero attached hydrogens (tertiary/aromatic N) is 3. The van der Waals surface area contributed by atoms with Crippen LogP contribution in [-0.4, -0.2) is 56.6 Å². The quantitative estimate of drug-likeness (QED) is 0.592. The fraction of sp³-hybridized carbons (Fsp3) is 0.333. The van der Waals surface area contributed by atoms with Crippen LogP contribution in [0.25, 0.3) is 0 Å². The molecule has 0 aliphatic carbocycles. The zero-order valence-electron chi connectivity index (χ0n) is 16.2. The van der Waals surface area contributed by atoms with Gasteiger partial charge < -0.3 is 25.6 Å². The van der Waals surface area contributed by atoms with E-state index in [1.165, 1.54) is 5.69 Å². The van der Waals surface area contributed by atoms with Crippen molar-refractivity contribution < 1.29 is 9.53 Å². The summed E-state index contributed by atoms with van der Waals surface area (Å²) < 4.78 is 5.18. The minimum Gasteiger partial charge on any atom is -0.497 e. The second-order valence-corrected chi connectivity index (χ2v) is 6.58. The van der Waals surface area contributed by atoms with E-state index in [1.807, 2.05) is 47.4 Å². The van der Waals surface area contributed by atoms with E-state index in [0.29, 0.717) is 13.0 Å². The third-order valence-electron chi connectivity index (χ3n) is 4.70. The maximum atomic E-state index is 12.4. The molecule has 1 heterocycles. The number of methoxy groups -OCH3 is 1. The van der Waals surface area contributed by atoms with Gasteiger partial charge in [0.1, 0.15) is 5.75 Å². The largest absolute Gasteiger partial charge is 0.497 e. The maximum absolute atomic E-state index is 12.4. The third-order valence-corrected chi connectivity index (χ3v) is 4.70. The molecule has 0 radical (unpaired) electrons. The van der Waals surface area contributed by atoms with Crippen LogP contribution in [0.2, 0.25) is 0 Å². The Labute approximate surface area is 165 Å². The predicted octanol–water partition coefficient (Wildman–Crippen LogP) is 2.16. The van der Waals surface area contributed by atoms with Crippen LogP contribution in [0.4, 0.5) is 11.4 Å². The molecule has 0 unspecified atom stereocenters. The van der Waals surface area contributed by atoms with Gasteiger partial charge >= 0.3 is 0 Å². The highest BCUT2D eigenvalue weighted by molar-refractivity contribution is 5.92. The number of nitrogens with one attached hydrogen (secondary N) is 1. The molecule has 2 aromatic rings. The molecule has 0 spiro atoms. The Morgan fingerprint density at radius 3 is 2.57 bits per heavy atom. The van der Waals surface area contributed by atoms with Crippen molar-refractivity contribution in [3.8, 4) is 5.75 Å². The Bertz CT molecular complexity index is 801. The highest BCUT2D eigenvalue weighted by Gasteiger charge is 2.20. The number of anilines is 2. The minimum absolute atomic E-state index is 0.116. The van der Waals surface area contributed by atoms with Crippen molar-refractivity contribution >= 4 is 23.2 Å². The van der Waals surface area contributed by atoms with Crippen LogP contribution in [0, 0.1) is 0 Å². The lowest BCUT2D eigenvalue weighted by molar-refractivity contribution is -0.131. The number of rotatable bonds is 6. The molecular formula is C21H27N5O2. The number of benzene rings is 2. The van der Waals surface area contributed by atoms with Crippen LogP contribution in [0.3, 0.4) is 0 Å². The lowest BCUT2D eigenvalue weighted by Crippen LogP contribution is -2.48. The second-order valence-electron chi connectivity index (χ2n) is 6.58. The van der Waals surface area contributed by atoms with Crippen molar-refractivity contribution in [2.24, 2.45) is 10.7 Å². The first kappa shape index (κ1) is 19.5. The van der Waals surface area contributed by atoms with Gasteiger partial charge in [0.25, 0.3) is 0 Å². The summed E-state index contributed by atoms with van der Waals surface area (Å²) >= 11 is 0. The molecule has 148 valence electrons. The smallest absolute Gasteiger partial charge is 0.224 e. The Balaban J connectivity index is 1.42. The van der Waals surface area contributed by atoms with E-state index in [-0.39, 0.29) is 11.9 Å². The van der Waals surface area contributed by atoms with Gasteiger partial charge in [0.15, 0.2) is 5.96 Å². The highest BCUT2D eigenvalue weighted by atomic mass is 16.5. The molecule has 28 heavy (non-hydrogen) atoms. The number of piperazine rings is 1. The molecule has 0 aromatic heterocycles. The number of ether oxygens (including phenoxy) is 1.